The molecular weight excluding hydrogens is 721 g/mol. The highest BCUT2D eigenvalue weighted by Gasteiger charge is 2.41. The van der Waals surface area contributed by atoms with Gasteiger partial charge in [0.15, 0.2) is 0 Å². The third-order valence-corrected chi connectivity index (χ3v) is 13.1. The molecule has 0 amide bonds. The average molecular weight is 757 g/mol. The van der Waals surface area contributed by atoms with Crippen molar-refractivity contribution in [3.63, 3.8) is 0 Å². The van der Waals surface area contributed by atoms with Crippen LogP contribution in [-0.2, 0) is 0 Å². The SMILES string of the molecule is c1ccc(C2=C3C(=C(c4ccccc4)c4cc5cc6c7ccccc7c7ccccc7c6cc5cc43)C(c3cccc4ccccc34)=C2c2cccc3ccccc23)cc1. The van der Waals surface area contributed by atoms with Crippen LogP contribution >= 0.6 is 0 Å². The standard InChI is InChI=1S/C60H36/c1-3-19-39(20-4-1)55-53-35-41-33-51-47-29-13-11-27-45(47)46-28-12-14-30-48(46)52(51)34-42(41)36-54(53)59-56(40-21-5-2-6-22-40)57(49-31-15-23-37-17-7-9-25-43(37)49)58(60(55)59)50-32-16-24-38-18-8-10-26-44(38)50/h1-36H. The maximum absolute atomic E-state index is 2.51. The van der Waals surface area contributed by atoms with Crippen molar-refractivity contribution < 1.29 is 0 Å². The van der Waals surface area contributed by atoms with Crippen molar-refractivity contribution >= 4 is 92.5 Å². The molecule has 0 fully saturated rings. The van der Waals surface area contributed by atoms with Gasteiger partial charge in [-0.25, -0.2) is 0 Å². The zero-order valence-electron chi connectivity index (χ0n) is 32.8. The van der Waals surface area contributed by atoms with E-state index in [9.17, 15) is 0 Å². The second-order valence-electron chi connectivity index (χ2n) is 16.3. The Labute approximate surface area is 348 Å². The molecule has 0 aromatic heterocycles. The molecule has 0 atom stereocenters. The summed E-state index contributed by atoms with van der Waals surface area (Å²) in [5, 5.41) is 15.3. The smallest absolute Gasteiger partial charge is 0.000115 e. The van der Waals surface area contributed by atoms with Crippen molar-refractivity contribution in [3.8, 4) is 0 Å². The molecule has 0 unspecified atom stereocenters. The van der Waals surface area contributed by atoms with Crippen molar-refractivity contribution in [1.29, 1.82) is 0 Å². The first kappa shape index (κ1) is 33.2. The molecule has 0 radical (unpaired) electrons. The summed E-state index contributed by atoms with van der Waals surface area (Å²) in [6, 6.07) is 81.4. The van der Waals surface area contributed by atoms with Gasteiger partial charge in [-0.2, -0.15) is 0 Å². The predicted octanol–water partition coefficient (Wildman–Crippen LogP) is 16.0. The molecule has 0 heterocycles. The zero-order chi connectivity index (χ0) is 39.3. The number of benzene rings is 11. The molecule has 0 nitrogen and oxygen atoms in total. The molecule has 0 saturated heterocycles. The quantitative estimate of drug-likeness (QED) is 0.124. The minimum absolute atomic E-state index is 1.22. The van der Waals surface area contributed by atoms with Gasteiger partial charge >= 0.3 is 0 Å². The van der Waals surface area contributed by atoms with Gasteiger partial charge in [0.1, 0.15) is 0 Å². The summed E-state index contributed by atoms with van der Waals surface area (Å²) in [6.07, 6.45) is 0. The Hall–Kier alpha value is -7.80. The molecule has 0 aliphatic heterocycles. The summed E-state index contributed by atoms with van der Waals surface area (Å²) in [7, 11) is 0. The van der Waals surface area contributed by atoms with Crippen molar-refractivity contribution in [2.45, 2.75) is 0 Å². The van der Waals surface area contributed by atoms with E-state index in [1.165, 1.54) is 131 Å². The number of hydrogen-bond donors (Lipinski definition) is 0. The van der Waals surface area contributed by atoms with Crippen molar-refractivity contribution in [3.05, 3.63) is 257 Å². The molecule has 0 N–H and O–H groups in total. The van der Waals surface area contributed by atoms with Crippen LogP contribution in [-0.4, -0.2) is 0 Å². The fourth-order valence-electron chi connectivity index (χ4n) is 10.6. The van der Waals surface area contributed by atoms with Gasteiger partial charge in [0.05, 0.1) is 0 Å². The van der Waals surface area contributed by atoms with Gasteiger partial charge < -0.3 is 0 Å². The van der Waals surface area contributed by atoms with Gasteiger partial charge in [0.2, 0.25) is 0 Å². The minimum Gasteiger partial charge on any atom is -0.0622 e. The van der Waals surface area contributed by atoms with Crippen LogP contribution in [0.25, 0.3) is 92.5 Å². The normalized spacial score (nSPS) is 13.8. The van der Waals surface area contributed by atoms with E-state index < -0.39 is 0 Å². The molecule has 276 valence electrons. The summed E-state index contributed by atoms with van der Waals surface area (Å²) < 4.78 is 0. The fraction of sp³-hybridized carbons (Fsp3) is 0. The number of allylic oxidation sites excluding steroid dienone is 5. The van der Waals surface area contributed by atoms with E-state index in [4.69, 9.17) is 0 Å². The predicted molar refractivity (Wildman–Crippen MR) is 257 cm³/mol. The third kappa shape index (κ3) is 4.73. The average Bonchev–Trinajstić information content (AvgIpc) is 3.82. The van der Waals surface area contributed by atoms with Crippen LogP contribution in [0.1, 0.15) is 33.4 Å². The van der Waals surface area contributed by atoms with Gasteiger partial charge in [0.25, 0.3) is 0 Å². The highest BCUT2D eigenvalue weighted by molar-refractivity contribution is 6.41. The first-order valence-corrected chi connectivity index (χ1v) is 20.9. The lowest BCUT2D eigenvalue weighted by molar-refractivity contribution is 1.56. The third-order valence-electron chi connectivity index (χ3n) is 13.1. The Morgan fingerprint density at radius 2 is 0.517 bits per heavy atom. The largest absolute Gasteiger partial charge is 0.0622 e. The summed E-state index contributed by atoms with van der Waals surface area (Å²) in [6.45, 7) is 0. The molecule has 0 spiro atoms. The maximum Gasteiger partial charge on any atom is -0.000115 e. The van der Waals surface area contributed by atoms with E-state index in [1.54, 1.807) is 0 Å². The van der Waals surface area contributed by atoms with Crippen molar-refractivity contribution in [1.82, 2.24) is 0 Å². The van der Waals surface area contributed by atoms with E-state index in [0.29, 0.717) is 0 Å². The lowest BCUT2D eigenvalue weighted by Crippen LogP contribution is -1.97. The Bertz CT molecular complexity index is 3720. The fourth-order valence-corrected chi connectivity index (χ4v) is 10.6. The van der Waals surface area contributed by atoms with Crippen LogP contribution in [0.15, 0.2) is 224 Å². The van der Waals surface area contributed by atoms with Crippen LogP contribution in [0, 0.1) is 0 Å². The van der Waals surface area contributed by atoms with E-state index in [2.05, 4.69) is 218 Å². The van der Waals surface area contributed by atoms with Gasteiger partial charge in [-0.1, -0.05) is 194 Å². The maximum atomic E-state index is 2.51. The van der Waals surface area contributed by atoms with Gasteiger partial charge in [-0.3, -0.25) is 0 Å². The van der Waals surface area contributed by atoms with Gasteiger partial charge in [-0.05, 0) is 156 Å². The molecule has 2 aliphatic carbocycles. The first-order chi connectivity index (χ1) is 29.8. The summed E-state index contributed by atoms with van der Waals surface area (Å²) in [5.74, 6) is 0. The van der Waals surface area contributed by atoms with Crippen LogP contribution in [0.3, 0.4) is 0 Å². The zero-order valence-corrected chi connectivity index (χ0v) is 32.8. The Morgan fingerprint density at radius 1 is 0.167 bits per heavy atom. The highest BCUT2D eigenvalue weighted by Crippen LogP contribution is 2.63. The van der Waals surface area contributed by atoms with Crippen molar-refractivity contribution in [2.24, 2.45) is 0 Å². The lowest BCUT2D eigenvalue weighted by atomic mass is 9.83. The lowest BCUT2D eigenvalue weighted by Gasteiger charge is -2.19. The molecule has 0 bridgehead atoms. The summed E-state index contributed by atoms with van der Waals surface area (Å²) in [5.41, 5.74) is 15.3. The minimum atomic E-state index is 1.22. The monoisotopic (exact) mass is 756 g/mol. The van der Waals surface area contributed by atoms with E-state index in [1.807, 2.05) is 0 Å². The molecule has 13 rings (SSSR count). The molecule has 11 aromatic carbocycles. The Morgan fingerprint density at radius 3 is 1.02 bits per heavy atom. The van der Waals surface area contributed by atoms with Crippen LogP contribution in [0.2, 0.25) is 0 Å². The highest BCUT2D eigenvalue weighted by atomic mass is 14.4. The second-order valence-corrected chi connectivity index (χ2v) is 16.3. The van der Waals surface area contributed by atoms with E-state index in [0.717, 1.165) is 0 Å². The van der Waals surface area contributed by atoms with E-state index >= 15 is 0 Å². The number of hydrogen-bond acceptors (Lipinski definition) is 0. The van der Waals surface area contributed by atoms with Crippen LogP contribution in [0.4, 0.5) is 0 Å². The number of fused-ring (bicyclic) bond motifs is 12. The molecule has 11 aromatic rings. The Balaban J connectivity index is 1.23. The molecule has 60 heavy (non-hydrogen) atoms. The molecule has 2 aliphatic rings. The summed E-state index contributed by atoms with van der Waals surface area (Å²) in [4.78, 5) is 0. The molecule has 0 saturated carbocycles. The van der Waals surface area contributed by atoms with Crippen LogP contribution < -0.4 is 0 Å². The van der Waals surface area contributed by atoms with Gasteiger partial charge in [-0.15, -0.1) is 0 Å². The summed E-state index contributed by atoms with van der Waals surface area (Å²) >= 11 is 0. The topological polar surface area (TPSA) is 0 Å². The van der Waals surface area contributed by atoms with Gasteiger partial charge in [0, 0.05) is 0 Å². The second kappa shape index (κ2) is 12.9. The Kier molecular flexibility index (Phi) is 7.11. The van der Waals surface area contributed by atoms with E-state index in [-0.39, 0.29) is 0 Å². The molecule has 0 heteroatoms. The van der Waals surface area contributed by atoms with Crippen LogP contribution in [0.5, 0.6) is 0 Å². The number of rotatable bonds is 4. The first-order valence-electron chi connectivity index (χ1n) is 20.9. The van der Waals surface area contributed by atoms with Crippen molar-refractivity contribution in [2.75, 3.05) is 0 Å². The molecular formula is C60H36.